The van der Waals surface area contributed by atoms with E-state index in [0.29, 0.717) is 17.1 Å². The molecule has 0 fully saturated rings. The molecule has 0 spiro atoms. The van der Waals surface area contributed by atoms with Gasteiger partial charge in [-0.2, -0.15) is 0 Å². The van der Waals surface area contributed by atoms with Gasteiger partial charge in [-0.25, -0.2) is 4.79 Å². The molecule has 2 rings (SSSR count). The number of esters is 1. The number of ether oxygens (including phenoxy) is 3. The molecule has 1 aromatic heterocycles. The van der Waals surface area contributed by atoms with E-state index in [9.17, 15) is 19.5 Å². The molecular formula is C18H20N2O7. The van der Waals surface area contributed by atoms with E-state index >= 15 is 0 Å². The summed E-state index contributed by atoms with van der Waals surface area (Å²) < 4.78 is 15.1. The molecule has 1 atom stereocenters. The molecule has 1 aromatic carbocycles. The van der Waals surface area contributed by atoms with Gasteiger partial charge in [0.15, 0.2) is 0 Å². The molecule has 0 bridgehead atoms. The van der Waals surface area contributed by atoms with E-state index in [1.807, 2.05) is 0 Å². The van der Waals surface area contributed by atoms with Gasteiger partial charge in [0.05, 0.1) is 26.9 Å². The number of benzene rings is 1. The zero-order chi connectivity index (χ0) is 20.1. The normalized spacial score (nSPS) is 11.5. The second-order valence-corrected chi connectivity index (χ2v) is 5.62. The molecule has 2 aromatic rings. The average molecular weight is 376 g/mol. The van der Waals surface area contributed by atoms with E-state index in [0.717, 1.165) is 13.3 Å². The third-order valence-corrected chi connectivity index (χ3v) is 4.08. The molecule has 4 N–H and O–H groups in total. The van der Waals surface area contributed by atoms with Crippen LogP contribution in [-0.4, -0.2) is 43.3 Å². The number of carbonyl (C=O) groups is 2. The summed E-state index contributed by atoms with van der Waals surface area (Å²) in [6.45, 7) is 0. The Morgan fingerprint density at radius 2 is 1.93 bits per heavy atom. The molecule has 1 heterocycles. The first-order valence-electron chi connectivity index (χ1n) is 7.87. The first-order valence-corrected chi connectivity index (χ1v) is 7.87. The number of aromatic amines is 1. The Morgan fingerprint density at radius 1 is 1.22 bits per heavy atom. The Balaban J connectivity index is 2.74. The number of rotatable bonds is 7. The van der Waals surface area contributed by atoms with Crippen molar-refractivity contribution in [3.8, 4) is 17.2 Å². The van der Waals surface area contributed by atoms with Crippen LogP contribution in [0, 0.1) is 0 Å². The molecule has 0 saturated carbocycles. The minimum atomic E-state index is -0.961. The number of methoxy groups -OCH3 is 3. The highest BCUT2D eigenvalue weighted by molar-refractivity contribution is 5.92. The van der Waals surface area contributed by atoms with Gasteiger partial charge in [0.1, 0.15) is 22.8 Å². The fraction of sp³-hybridized carbons (Fsp3) is 0.278. The lowest BCUT2D eigenvalue weighted by Gasteiger charge is -2.20. The number of nitrogens with one attached hydrogen (secondary N) is 1. The lowest BCUT2D eigenvalue weighted by molar-refractivity contribution is -0.118. The molecule has 27 heavy (non-hydrogen) atoms. The fourth-order valence-corrected chi connectivity index (χ4v) is 2.80. The number of aromatic hydroxyl groups is 1. The molecule has 1 amide bonds. The minimum absolute atomic E-state index is 0.194. The lowest BCUT2D eigenvalue weighted by atomic mass is 9.87. The van der Waals surface area contributed by atoms with Gasteiger partial charge in [-0.3, -0.25) is 9.59 Å². The third kappa shape index (κ3) is 4.02. The van der Waals surface area contributed by atoms with Gasteiger partial charge in [-0.15, -0.1) is 0 Å². The summed E-state index contributed by atoms with van der Waals surface area (Å²) in [6.07, 6.45) is 0.740. The topological polar surface area (TPSA) is 141 Å². The zero-order valence-corrected chi connectivity index (χ0v) is 15.1. The maximum absolute atomic E-state index is 12.4. The van der Waals surface area contributed by atoms with Gasteiger partial charge in [0.25, 0.3) is 5.56 Å². The van der Waals surface area contributed by atoms with Gasteiger partial charge >= 0.3 is 5.97 Å². The molecular weight excluding hydrogens is 356 g/mol. The van der Waals surface area contributed by atoms with Crippen LogP contribution in [0.25, 0.3) is 0 Å². The Hall–Kier alpha value is -3.49. The van der Waals surface area contributed by atoms with Crippen LogP contribution in [0.2, 0.25) is 0 Å². The van der Waals surface area contributed by atoms with Crippen LogP contribution >= 0.6 is 0 Å². The van der Waals surface area contributed by atoms with Crippen molar-refractivity contribution in [3.63, 3.8) is 0 Å². The molecule has 0 aliphatic rings. The lowest BCUT2D eigenvalue weighted by Crippen LogP contribution is -2.24. The van der Waals surface area contributed by atoms with Crippen LogP contribution in [0.4, 0.5) is 0 Å². The van der Waals surface area contributed by atoms with Crippen molar-refractivity contribution in [2.75, 3.05) is 21.3 Å². The smallest absolute Gasteiger partial charge is 0.343 e. The maximum atomic E-state index is 12.4. The van der Waals surface area contributed by atoms with Crippen LogP contribution in [0.3, 0.4) is 0 Å². The Bertz CT molecular complexity index is 920. The number of nitrogens with two attached hydrogens (primary N) is 1. The SMILES string of the molecule is COC(=O)c1c[nH]c(=O)c(C(CC(N)=O)c2ccc(OC)cc2OC)c1O. The van der Waals surface area contributed by atoms with Crippen molar-refractivity contribution in [2.24, 2.45) is 5.73 Å². The van der Waals surface area contributed by atoms with Crippen molar-refractivity contribution < 1.29 is 28.9 Å². The third-order valence-electron chi connectivity index (χ3n) is 4.08. The number of aromatic nitrogens is 1. The highest BCUT2D eigenvalue weighted by Gasteiger charge is 2.29. The predicted molar refractivity (Wildman–Crippen MR) is 95.3 cm³/mol. The molecule has 0 radical (unpaired) electrons. The van der Waals surface area contributed by atoms with Crippen LogP contribution in [-0.2, 0) is 9.53 Å². The number of hydrogen-bond acceptors (Lipinski definition) is 7. The van der Waals surface area contributed by atoms with E-state index < -0.39 is 29.1 Å². The molecule has 0 aliphatic heterocycles. The van der Waals surface area contributed by atoms with E-state index in [1.165, 1.54) is 14.2 Å². The van der Waals surface area contributed by atoms with Gasteiger partial charge in [-0.05, 0) is 6.07 Å². The first-order chi connectivity index (χ1) is 12.8. The van der Waals surface area contributed by atoms with Crippen molar-refractivity contribution in [3.05, 3.63) is 51.4 Å². The summed E-state index contributed by atoms with van der Waals surface area (Å²) in [4.78, 5) is 38.3. The van der Waals surface area contributed by atoms with Gasteiger partial charge in [0.2, 0.25) is 5.91 Å². The van der Waals surface area contributed by atoms with E-state index in [4.69, 9.17) is 15.2 Å². The molecule has 9 nitrogen and oxygen atoms in total. The van der Waals surface area contributed by atoms with Crippen molar-refractivity contribution in [1.82, 2.24) is 4.98 Å². The molecule has 144 valence electrons. The Morgan fingerprint density at radius 3 is 2.48 bits per heavy atom. The second kappa shape index (κ2) is 8.26. The summed E-state index contributed by atoms with van der Waals surface area (Å²) in [6, 6.07) is 4.77. The molecule has 9 heteroatoms. The number of hydrogen-bond donors (Lipinski definition) is 3. The summed E-state index contributed by atoms with van der Waals surface area (Å²) in [5, 5.41) is 10.5. The number of H-pyrrole nitrogens is 1. The van der Waals surface area contributed by atoms with Gasteiger partial charge in [0, 0.05) is 30.2 Å². The highest BCUT2D eigenvalue weighted by atomic mass is 16.5. The molecule has 0 saturated heterocycles. The standard InChI is InChI=1S/C18H20N2O7/c1-25-9-4-5-10(13(6-9)26-2)11(7-14(19)21)15-16(22)12(18(24)27-3)8-20-17(15)23/h4-6,8,11H,7H2,1-3H3,(H2,19,21)(H2,20,22,23). The number of pyridine rings is 1. The number of primary amides is 1. The van der Waals surface area contributed by atoms with Crippen molar-refractivity contribution >= 4 is 11.9 Å². The maximum Gasteiger partial charge on any atom is 0.343 e. The minimum Gasteiger partial charge on any atom is -0.506 e. The first kappa shape index (κ1) is 19.8. The van der Waals surface area contributed by atoms with Crippen LogP contribution < -0.4 is 20.8 Å². The molecule has 1 unspecified atom stereocenters. The van der Waals surface area contributed by atoms with Crippen LogP contribution in [0.1, 0.15) is 33.8 Å². The quantitative estimate of drug-likeness (QED) is 0.609. The monoisotopic (exact) mass is 376 g/mol. The summed E-state index contributed by atoms with van der Waals surface area (Å²) in [5.41, 5.74) is 4.65. The fourth-order valence-electron chi connectivity index (χ4n) is 2.80. The average Bonchev–Trinajstić information content (AvgIpc) is 2.65. The second-order valence-electron chi connectivity index (χ2n) is 5.62. The van der Waals surface area contributed by atoms with E-state index in [-0.39, 0.29) is 17.5 Å². The Labute approximate surface area is 154 Å². The highest BCUT2D eigenvalue weighted by Crippen LogP contribution is 2.39. The van der Waals surface area contributed by atoms with Crippen LogP contribution in [0.15, 0.2) is 29.2 Å². The van der Waals surface area contributed by atoms with Crippen molar-refractivity contribution in [2.45, 2.75) is 12.3 Å². The van der Waals surface area contributed by atoms with E-state index in [2.05, 4.69) is 9.72 Å². The largest absolute Gasteiger partial charge is 0.506 e. The van der Waals surface area contributed by atoms with Crippen LogP contribution in [0.5, 0.6) is 17.2 Å². The van der Waals surface area contributed by atoms with Gasteiger partial charge < -0.3 is 30.0 Å². The van der Waals surface area contributed by atoms with E-state index in [1.54, 1.807) is 18.2 Å². The summed E-state index contributed by atoms with van der Waals surface area (Å²) >= 11 is 0. The molecule has 0 aliphatic carbocycles. The summed E-state index contributed by atoms with van der Waals surface area (Å²) in [5.74, 6) is -2.28. The predicted octanol–water partition coefficient (Wildman–Crippen LogP) is 0.892. The zero-order valence-electron chi connectivity index (χ0n) is 15.1. The number of carbonyl (C=O) groups excluding carboxylic acids is 2. The van der Waals surface area contributed by atoms with Crippen molar-refractivity contribution in [1.29, 1.82) is 0 Å². The summed E-state index contributed by atoms with van der Waals surface area (Å²) in [7, 11) is 4.03. The number of amides is 1. The van der Waals surface area contributed by atoms with Gasteiger partial charge in [-0.1, -0.05) is 6.07 Å². The Kier molecular flexibility index (Phi) is 6.07.